The van der Waals surface area contributed by atoms with Gasteiger partial charge in [-0.2, -0.15) is 0 Å². The van der Waals surface area contributed by atoms with Gasteiger partial charge in [-0.15, -0.1) is 0 Å². The summed E-state index contributed by atoms with van der Waals surface area (Å²) < 4.78 is 13.4. The molecular formula is C14H18FN3O3. The molecule has 7 heteroatoms. The van der Waals surface area contributed by atoms with E-state index >= 15 is 0 Å². The second-order valence-corrected chi connectivity index (χ2v) is 5.30. The number of nitro groups is 1. The number of nitrogens with one attached hydrogen (secondary N) is 2. The van der Waals surface area contributed by atoms with Gasteiger partial charge in [-0.25, -0.2) is 4.39 Å². The fraction of sp³-hybridized carbons (Fsp3) is 0.500. The molecule has 21 heavy (non-hydrogen) atoms. The lowest BCUT2D eigenvalue weighted by molar-refractivity contribution is -0.385. The van der Waals surface area contributed by atoms with Gasteiger partial charge in [0, 0.05) is 12.1 Å². The molecular weight excluding hydrogens is 277 g/mol. The molecule has 0 aliphatic carbocycles. The first-order chi connectivity index (χ1) is 9.99. The van der Waals surface area contributed by atoms with Gasteiger partial charge in [0.25, 0.3) is 11.6 Å². The SMILES string of the molecule is Cc1cc(F)cc(C(=O)NCC2CCCNC2)c1[N+](=O)[O-]. The zero-order chi connectivity index (χ0) is 15.4. The molecule has 1 aliphatic heterocycles. The maximum absolute atomic E-state index is 13.4. The van der Waals surface area contributed by atoms with E-state index in [0.717, 1.165) is 38.1 Å². The van der Waals surface area contributed by atoms with Crippen molar-refractivity contribution in [3.63, 3.8) is 0 Å². The van der Waals surface area contributed by atoms with E-state index in [4.69, 9.17) is 0 Å². The van der Waals surface area contributed by atoms with Crippen LogP contribution in [-0.4, -0.2) is 30.5 Å². The minimum absolute atomic E-state index is 0.143. The zero-order valence-corrected chi connectivity index (χ0v) is 11.8. The van der Waals surface area contributed by atoms with Gasteiger partial charge in [-0.3, -0.25) is 14.9 Å². The summed E-state index contributed by atoms with van der Waals surface area (Å²) in [5.74, 6) is -0.950. The fourth-order valence-corrected chi connectivity index (χ4v) is 2.58. The number of carbonyl (C=O) groups is 1. The number of hydrogen-bond donors (Lipinski definition) is 2. The van der Waals surface area contributed by atoms with Gasteiger partial charge in [0.2, 0.25) is 0 Å². The largest absolute Gasteiger partial charge is 0.351 e. The molecule has 1 fully saturated rings. The van der Waals surface area contributed by atoms with Crippen LogP contribution in [0.1, 0.15) is 28.8 Å². The van der Waals surface area contributed by atoms with E-state index in [1.807, 2.05) is 0 Å². The van der Waals surface area contributed by atoms with E-state index in [9.17, 15) is 19.3 Å². The maximum Gasteiger partial charge on any atom is 0.285 e. The van der Waals surface area contributed by atoms with E-state index in [1.165, 1.54) is 6.92 Å². The number of carbonyl (C=O) groups excluding carboxylic acids is 1. The van der Waals surface area contributed by atoms with E-state index in [1.54, 1.807) is 0 Å². The molecule has 1 atom stereocenters. The van der Waals surface area contributed by atoms with Crippen molar-refractivity contribution in [3.8, 4) is 0 Å². The fourth-order valence-electron chi connectivity index (χ4n) is 2.58. The van der Waals surface area contributed by atoms with Crippen molar-refractivity contribution >= 4 is 11.6 Å². The average molecular weight is 295 g/mol. The molecule has 0 aromatic heterocycles. The highest BCUT2D eigenvalue weighted by Crippen LogP contribution is 2.24. The van der Waals surface area contributed by atoms with Crippen LogP contribution in [0, 0.1) is 28.8 Å². The Labute approximate surface area is 121 Å². The van der Waals surface area contributed by atoms with Crippen LogP contribution in [0.25, 0.3) is 0 Å². The number of amides is 1. The first-order valence-electron chi connectivity index (χ1n) is 6.92. The lowest BCUT2D eigenvalue weighted by Crippen LogP contribution is -2.38. The number of nitrogens with zero attached hydrogens (tertiary/aromatic N) is 1. The van der Waals surface area contributed by atoms with E-state index in [0.29, 0.717) is 12.5 Å². The number of piperidine rings is 1. The number of rotatable bonds is 4. The summed E-state index contributed by atoms with van der Waals surface area (Å²) in [5.41, 5.74) is -0.415. The highest BCUT2D eigenvalue weighted by molar-refractivity contribution is 5.98. The van der Waals surface area contributed by atoms with Crippen LogP contribution in [0.15, 0.2) is 12.1 Å². The molecule has 1 amide bonds. The van der Waals surface area contributed by atoms with E-state index in [2.05, 4.69) is 10.6 Å². The van der Waals surface area contributed by atoms with Gasteiger partial charge in [-0.1, -0.05) is 0 Å². The molecule has 1 unspecified atom stereocenters. The average Bonchev–Trinajstić information content (AvgIpc) is 2.44. The third-order valence-electron chi connectivity index (χ3n) is 3.64. The van der Waals surface area contributed by atoms with Crippen LogP contribution in [0.5, 0.6) is 0 Å². The number of nitro benzene ring substituents is 1. The summed E-state index contributed by atoms with van der Waals surface area (Å²) in [5, 5.41) is 17.0. The molecule has 1 aromatic rings. The van der Waals surface area contributed by atoms with Gasteiger partial charge < -0.3 is 10.6 Å². The summed E-state index contributed by atoms with van der Waals surface area (Å²) in [7, 11) is 0. The molecule has 2 rings (SSSR count). The van der Waals surface area contributed by atoms with Gasteiger partial charge in [0.15, 0.2) is 0 Å². The van der Waals surface area contributed by atoms with Gasteiger partial charge in [0.05, 0.1) is 4.92 Å². The van der Waals surface area contributed by atoms with Crippen LogP contribution in [0.3, 0.4) is 0 Å². The summed E-state index contributed by atoms with van der Waals surface area (Å²) in [6.45, 7) is 3.63. The molecule has 6 nitrogen and oxygen atoms in total. The summed E-state index contributed by atoms with van der Waals surface area (Å²) in [6.07, 6.45) is 2.04. The normalized spacial score (nSPS) is 18.3. The number of halogens is 1. The van der Waals surface area contributed by atoms with Gasteiger partial charge in [-0.05, 0) is 50.9 Å². The van der Waals surface area contributed by atoms with Crippen LogP contribution in [0.2, 0.25) is 0 Å². The van der Waals surface area contributed by atoms with Crippen molar-refractivity contribution in [2.75, 3.05) is 19.6 Å². The molecule has 0 saturated carbocycles. The number of benzene rings is 1. The predicted molar refractivity (Wildman–Crippen MR) is 75.7 cm³/mol. The number of aryl methyl sites for hydroxylation is 1. The summed E-state index contributed by atoms with van der Waals surface area (Å²) in [4.78, 5) is 22.5. The van der Waals surface area contributed by atoms with Crippen molar-refractivity contribution in [1.82, 2.24) is 10.6 Å². The zero-order valence-electron chi connectivity index (χ0n) is 11.8. The minimum Gasteiger partial charge on any atom is -0.351 e. The maximum atomic E-state index is 13.4. The van der Waals surface area contributed by atoms with Gasteiger partial charge in [0.1, 0.15) is 11.4 Å². The van der Waals surface area contributed by atoms with Crippen molar-refractivity contribution in [2.45, 2.75) is 19.8 Å². The Morgan fingerprint density at radius 1 is 1.57 bits per heavy atom. The van der Waals surface area contributed by atoms with Crippen LogP contribution < -0.4 is 10.6 Å². The Hall–Kier alpha value is -2.02. The van der Waals surface area contributed by atoms with E-state index < -0.39 is 16.6 Å². The molecule has 0 bridgehead atoms. The van der Waals surface area contributed by atoms with E-state index in [-0.39, 0.29) is 16.8 Å². The Morgan fingerprint density at radius 3 is 2.95 bits per heavy atom. The second kappa shape index (κ2) is 6.62. The Morgan fingerprint density at radius 2 is 2.33 bits per heavy atom. The predicted octanol–water partition coefficient (Wildman–Crippen LogP) is 1.77. The summed E-state index contributed by atoms with van der Waals surface area (Å²) in [6, 6.07) is 1.97. The Kier molecular flexibility index (Phi) is 4.85. The molecule has 0 spiro atoms. The first-order valence-corrected chi connectivity index (χ1v) is 6.92. The van der Waals surface area contributed by atoms with Crippen molar-refractivity contribution < 1.29 is 14.1 Å². The van der Waals surface area contributed by atoms with Crippen LogP contribution >= 0.6 is 0 Å². The monoisotopic (exact) mass is 295 g/mol. The topological polar surface area (TPSA) is 84.3 Å². The molecule has 1 heterocycles. The molecule has 1 aliphatic rings. The lowest BCUT2D eigenvalue weighted by Gasteiger charge is -2.22. The Balaban J connectivity index is 2.12. The Bertz CT molecular complexity index is 557. The minimum atomic E-state index is -0.650. The molecule has 114 valence electrons. The summed E-state index contributed by atoms with van der Waals surface area (Å²) >= 11 is 0. The van der Waals surface area contributed by atoms with Crippen molar-refractivity contribution in [2.24, 2.45) is 5.92 Å². The molecule has 1 saturated heterocycles. The molecule has 1 aromatic carbocycles. The quantitative estimate of drug-likeness (QED) is 0.655. The standard InChI is InChI=1S/C14H18FN3O3/c1-9-5-11(15)6-12(13(9)18(20)21)14(19)17-8-10-3-2-4-16-7-10/h5-6,10,16H,2-4,7-8H2,1H3,(H,17,19). The third kappa shape index (κ3) is 3.75. The first kappa shape index (κ1) is 15.4. The van der Waals surface area contributed by atoms with Crippen LogP contribution in [0.4, 0.5) is 10.1 Å². The molecule has 2 N–H and O–H groups in total. The third-order valence-corrected chi connectivity index (χ3v) is 3.64. The lowest BCUT2D eigenvalue weighted by atomic mass is 9.99. The van der Waals surface area contributed by atoms with Crippen molar-refractivity contribution in [3.05, 3.63) is 39.2 Å². The van der Waals surface area contributed by atoms with Gasteiger partial charge >= 0.3 is 0 Å². The number of hydrogen-bond acceptors (Lipinski definition) is 4. The van der Waals surface area contributed by atoms with Crippen LogP contribution in [-0.2, 0) is 0 Å². The smallest absolute Gasteiger partial charge is 0.285 e. The second-order valence-electron chi connectivity index (χ2n) is 5.30. The van der Waals surface area contributed by atoms with Crippen molar-refractivity contribution in [1.29, 1.82) is 0 Å². The highest BCUT2D eigenvalue weighted by Gasteiger charge is 2.24. The highest BCUT2D eigenvalue weighted by atomic mass is 19.1. The molecule has 0 radical (unpaired) electrons.